The molecule has 0 unspecified atom stereocenters. The minimum absolute atomic E-state index is 0.639. The molecular weight excluding hydrogens is 546 g/mol. The van der Waals surface area contributed by atoms with Crippen molar-refractivity contribution in [2.24, 2.45) is 0 Å². The normalized spacial score (nSPS) is 11.6. The number of benzene rings is 8. The minimum Gasteiger partial charge on any atom is -0.436 e. The van der Waals surface area contributed by atoms with Crippen LogP contribution in [0.5, 0.6) is 0 Å². The summed E-state index contributed by atoms with van der Waals surface area (Å²) in [7, 11) is 0. The van der Waals surface area contributed by atoms with E-state index in [2.05, 4.69) is 140 Å². The molecule has 0 aliphatic rings. The first-order chi connectivity index (χ1) is 22.3. The summed E-state index contributed by atoms with van der Waals surface area (Å²) in [4.78, 5) is 4.70. The van der Waals surface area contributed by atoms with Crippen molar-refractivity contribution in [2.45, 2.75) is 0 Å². The van der Waals surface area contributed by atoms with Crippen molar-refractivity contribution >= 4 is 43.4 Å². The third-order valence-electron chi connectivity index (χ3n) is 8.90. The van der Waals surface area contributed by atoms with E-state index in [9.17, 15) is 0 Å². The number of aromatic nitrogens is 1. The summed E-state index contributed by atoms with van der Waals surface area (Å²) in [5.74, 6) is 0.639. The lowest BCUT2D eigenvalue weighted by Crippen LogP contribution is -1.91. The van der Waals surface area contributed by atoms with Gasteiger partial charge in [0.15, 0.2) is 5.58 Å². The zero-order valence-electron chi connectivity index (χ0n) is 24.4. The molecule has 9 rings (SSSR count). The van der Waals surface area contributed by atoms with Gasteiger partial charge in [-0.15, -0.1) is 0 Å². The standard InChI is InChI=1S/C43H27NO/c1-2-10-33-27-34(26-19-28(33)9-1)29-17-20-30(21-18-29)41-35-11-3-5-13-37(35)42(38-14-6-4-12-36(38)41)31-22-24-32(25-23-31)43-44-39-15-7-8-16-40(39)45-43/h1-27H. The molecule has 0 aliphatic carbocycles. The van der Waals surface area contributed by atoms with E-state index in [-0.39, 0.29) is 0 Å². The molecule has 1 aromatic heterocycles. The maximum Gasteiger partial charge on any atom is 0.227 e. The van der Waals surface area contributed by atoms with Gasteiger partial charge in [-0.25, -0.2) is 4.98 Å². The summed E-state index contributed by atoms with van der Waals surface area (Å²) in [5, 5.41) is 7.48. The summed E-state index contributed by atoms with van der Waals surface area (Å²) in [6, 6.07) is 58.3. The van der Waals surface area contributed by atoms with Gasteiger partial charge in [0, 0.05) is 5.56 Å². The van der Waals surface area contributed by atoms with Crippen LogP contribution in [0, 0.1) is 0 Å². The van der Waals surface area contributed by atoms with Crippen molar-refractivity contribution in [3.63, 3.8) is 0 Å². The molecule has 0 atom stereocenters. The Morgan fingerprint density at radius 3 is 1.42 bits per heavy atom. The van der Waals surface area contributed by atoms with E-state index >= 15 is 0 Å². The molecule has 45 heavy (non-hydrogen) atoms. The fourth-order valence-corrected chi connectivity index (χ4v) is 6.72. The van der Waals surface area contributed by atoms with Gasteiger partial charge < -0.3 is 4.42 Å². The molecule has 8 aromatic carbocycles. The average Bonchev–Trinajstić information content (AvgIpc) is 3.55. The maximum absolute atomic E-state index is 6.05. The molecule has 9 aromatic rings. The summed E-state index contributed by atoms with van der Waals surface area (Å²) in [6.45, 7) is 0. The first-order valence-corrected chi connectivity index (χ1v) is 15.3. The van der Waals surface area contributed by atoms with E-state index in [1.807, 2.05) is 24.3 Å². The molecule has 210 valence electrons. The second kappa shape index (κ2) is 10.3. The van der Waals surface area contributed by atoms with Crippen molar-refractivity contribution in [3.05, 3.63) is 164 Å². The van der Waals surface area contributed by atoms with Gasteiger partial charge in [0.2, 0.25) is 5.89 Å². The molecule has 0 fully saturated rings. The van der Waals surface area contributed by atoms with Crippen LogP contribution in [0.1, 0.15) is 0 Å². The number of rotatable bonds is 4. The Labute approximate surface area is 260 Å². The van der Waals surface area contributed by atoms with E-state index in [4.69, 9.17) is 9.40 Å². The van der Waals surface area contributed by atoms with Crippen LogP contribution in [0.2, 0.25) is 0 Å². The number of hydrogen-bond acceptors (Lipinski definition) is 2. The lowest BCUT2D eigenvalue weighted by atomic mass is 9.85. The Balaban J connectivity index is 1.17. The Morgan fingerprint density at radius 2 is 0.822 bits per heavy atom. The number of hydrogen-bond donors (Lipinski definition) is 0. The highest BCUT2D eigenvalue weighted by Gasteiger charge is 2.17. The molecule has 0 saturated carbocycles. The quantitative estimate of drug-likeness (QED) is 0.196. The number of nitrogens with zero attached hydrogens (tertiary/aromatic N) is 1. The van der Waals surface area contributed by atoms with E-state index < -0.39 is 0 Å². The largest absolute Gasteiger partial charge is 0.436 e. The van der Waals surface area contributed by atoms with Crippen molar-refractivity contribution in [2.75, 3.05) is 0 Å². The predicted molar refractivity (Wildman–Crippen MR) is 188 cm³/mol. The van der Waals surface area contributed by atoms with E-state index in [1.165, 1.54) is 65.7 Å². The van der Waals surface area contributed by atoms with Gasteiger partial charge in [-0.1, -0.05) is 133 Å². The third kappa shape index (κ3) is 4.30. The molecule has 2 nitrogen and oxygen atoms in total. The molecule has 0 N–H and O–H groups in total. The Morgan fingerprint density at radius 1 is 0.356 bits per heavy atom. The van der Waals surface area contributed by atoms with Crippen LogP contribution >= 0.6 is 0 Å². The first-order valence-electron chi connectivity index (χ1n) is 15.3. The number of para-hydroxylation sites is 2. The zero-order chi connectivity index (χ0) is 29.7. The number of fused-ring (bicyclic) bond motifs is 4. The van der Waals surface area contributed by atoms with Crippen molar-refractivity contribution < 1.29 is 4.42 Å². The summed E-state index contributed by atoms with van der Waals surface area (Å²) in [6.07, 6.45) is 0. The average molecular weight is 574 g/mol. The van der Waals surface area contributed by atoms with Crippen LogP contribution < -0.4 is 0 Å². The molecule has 0 spiro atoms. The third-order valence-corrected chi connectivity index (χ3v) is 8.90. The Bertz CT molecular complexity index is 2430. The topological polar surface area (TPSA) is 26.0 Å². The maximum atomic E-state index is 6.05. The SMILES string of the molecule is c1ccc2cc(-c3ccc(-c4c5ccccc5c(-c5ccc(-c6nc7ccccc7o6)cc5)c5ccccc45)cc3)ccc2c1. The van der Waals surface area contributed by atoms with Crippen molar-refractivity contribution in [1.82, 2.24) is 4.98 Å². The van der Waals surface area contributed by atoms with Crippen molar-refractivity contribution in [1.29, 1.82) is 0 Å². The minimum atomic E-state index is 0.639. The molecule has 1 heterocycles. The number of oxazole rings is 1. The lowest BCUT2D eigenvalue weighted by molar-refractivity contribution is 0.620. The van der Waals surface area contributed by atoms with Crippen LogP contribution in [-0.2, 0) is 0 Å². The van der Waals surface area contributed by atoms with Crippen LogP contribution in [0.25, 0.3) is 88.3 Å². The van der Waals surface area contributed by atoms with Crippen LogP contribution in [-0.4, -0.2) is 4.98 Å². The highest BCUT2D eigenvalue weighted by molar-refractivity contribution is 6.21. The monoisotopic (exact) mass is 573 g/mol. The van der Waals surface area contributed by atoms with Gasteiger partial charge in [0.05, 0.1) is 0 Å². The Hall–Kier alpha value is -5.99. The molecule has 0 aliphatic heterocycles. The van der Waals surface area contributed by atoms with Crippen LogP contribution in [0.4, 0.5) is 0 Å². The predicted octanol–water partition coefficient (Wildman–Crippen LogP) is 12.0. The van der Waals surface area contributed by atoms with Crippen molar-refractivity contribution in [3.8, 4) is 44.8 Å². The molecule has 0 bridgehead atoms. The van der Waals surface area contributed by atoms with E-state index in [1.54, 1.807) is 0 Å². The van der Waals surface area contributed by atoms with Crippen LogP contribution in [0.15, 0.2) is 168 Å². The smallest absolute Gasteiger partial charge is 0.227 e. The van der Waals surface area contributed by atoms with E-state index in [0.717, 1.165) is 16.7 Å². The van der Waals surface area contributed by atoms with Gasteiger partial charge in [-0.2, -0.15) is 0 Å². The highest BCUT2D eigenvalue weighted by atomic mass is 16.3. The van der Waals surface area contributed by atoms with Gasteiger partial charge >= 0.3 is 0 Å². The second-order valence-corrected chi connectivity index (χ2v) is 11.5. The van der Waals surface area contributed by atoms with Crippen LogP contribution in [0.3, 0.4) is 0 Å². The lowest BCUT2D eigenvalue weighted by Gasteiger charge is -2.18. The molecule has 2 heteroatoms. The fourth-order valence-electron chi connectivity index (χ4n) is 6.72. The summed E-state index contributed by atoms with van der Waals surface area (Å²) >= 11 is 0. The molecule has 0 amide bonds. The van der Waals surface area contributed by atoms with E-state index in [0.29, 0.717) is 5.89 Å². The second-order valence-electron chi connectivity index (χ2n) is 11.5. The fraction of sp³-hybridized carbons (Fsp3) is 0. The molecule has 0 radical (unpaired) electrons. The molecule has 0 saturated heterocycles. The van der Waals surface area contributed by atoms with Gasteiger partial charge in [-0.3, -0.25) is 0 Å². The Kier molecular flexibility index (Phi) is 5.85. The van der Waals surface area contributed by atoms with Gasteiger partial charge in [0.1, 0.15) is 5.52 Å². The summed E-state index contributed by atoms with van der Waals surface area (Å²) in [5.41, 5.74) is 9.96. The molecular formula is C43H27NO. The summed E-state index contributed by atoms with van der Waals surface area (Å²) < 4.78 is 6.05. The zero-order valence-corrected chi connectivity index (χ0v) is 24.4. The van der Waals surface area contributed by atoms with Gasteiger partial charge in [-0.05, 0) is 96.0 Å². The first kappa shape index (κ1) is 25.5. The highest BCUT2D eigenvalue weighted by Crippen LogP contribution is 2.44. The van der Waals surface area contributed by atoms with Gasteiger partial charge in [0.25, 0.3) is 0 Å².